The lowest BCUT2D eigenvalue weighted by Crippen LogP contribution is -2.12. The molecule has 0 amide bonds. The van der Waals surface area contributed by atoms with Crippen LogP contribution in [0.1, 0.15) is 15.9 Å². The van der Waals surface area contributed by atoms with Crippen LogP contribution in [0.4, 0.5) is 13.2 Å². The number of benzene rings is 1. The first-order valence-electron chi connectivity index (χ1n) is 3.92. The van der Waals surface area contributed by atoms with Gasteiger partial charge >= 0.3 is 6.18 Å². The Kier molecular flexibility index (Phi) is 4.10. The highest BCUT2D eigenvalue weighted by molar-refractivity contribution is 6.56. The van der Waals surface area contributed by atoms with Crippen LogP contribution in [0.15, 0.2) is 18.2 Å². The van der Waals surface area contributed by atoms with Gasteiger partial charge in [-0.2, -0.15) is 13.2 Å². The molecule has 0 bridgehead atoms. The number of alkyl halides is 5. The van der Waals surface area contributed by atoms with Crippen molar-refractivity contribution in [1.29, 1.82) is 0 Å². The van der Waals surface area contributed by atoms with Gasteiger partial charge < -0.3 is 0 Å². The normalized spacial score (nSPS) is 11.9. The Bertz CT molecular complexity index is 415. The standard InChI is InChI=1S/C9H4Cl3F3O/c10-6-2-1-4(9(13,14)15)3-5(6)7(16)8(11)12/h1-3,8H. The first-order valence-corrected chi connectivity index (χ1v) is 5.17. The molecule has 0 aliphatic rings. The molecular weight excluding hydrogens is 287 g/mol. The molecule has 0 aromatic heterocycles. The minimum atomic E-state index is -4.55. The fourth-order valence-electron chi connectivity index (χ4n) is 1.01. The Morgan fingerprint density at radius 3 is 2.25 bits per heavy atom. The van der Waals surface area contributed by atoms with Crippen molar-refractivity contribution in [2.45, 2.75) is 11.0 Å². The predicted molar refractivity (Wildman–Crippen MR) is 56.3 cm³/mol. The van der Waals surface area contributed by atoms with Gasteiger partial charge in [-0.05, 0) is 18.2 Å². The van der Waals surface area contributed by atoms with Gasteiger partial charge in [0, 0.05) is 5.56 Å². The van der Waals surface area contributed by atoms with Gasteiger partial charge in [-0.25, -0.2) is 0 Å². The molecule has 0 aliphatic heterocycles. The Morgan fingerprint density at radius 2 is 1.81 bits per heavy atom. The second kappa shape index (κ2) is 4.82. The molecule has 1 rings (SSSR count). The van der Waals surface area contributed by atoms with E-state index in [1.54, 1.807) is 0 Å². The second-order valence-corrected chi connectivity index (χ2v) is 4.36. The third-order valence-electron chi connectivity index (χ3n) is 1.76. The van der Waals surface area contributed by atoms with Gasteiger partial charge in [-0.15, -0.1) is 0 Å². The lowest BCUT2D eigenvalue weighted by atomic mass is 10.1. The molecule has 0 saturated heterocycles. The van der Waals surface area contributed by atoms with Gasteiger partial charge in [0.15, 0.2) is 10.6 Å². The number of rotatable bonds is 2. The predicted octanol–water partition coefficient (Wildman–Crippen LogP) is 4.35. The molecule has 1 nitrogen and oxygen atoms in total. The van der Waals surface area contributed by atoms with E-state index in [9.17, 15) is 18.0 Å². The lowest BCUT2D eigenvalue weighted by Gasteiger charge is -2.10. The number of hydrogen-bond donors (Lipinski definition) is 0. The zero-order chi connectivity index (χ0) is 12.5. The maximum absolute atomic E-state index is 12.3. The van der Waals surface area contributed by atoms with Gasteiger partial charge in [-0.3, -0.25) is 4.79 Å². The number of ketones is 1. The molecular formula is C9H4Cl3F3O. The van der Waals surface area contributed by atoms with E-state index in [0.29, 0.717) is 6.07 Å². The van der Waals surface area contributed by atoms with Gasteiger partial charge in [0.25, 0.3) is 0 Å². The summed E-state index contributed by atoms with van der Waals surface area (Å²) in [5.41, 5.74) is -1.32. The fourth-order valence-corrected chi connectivity index (χ4v) is 1.45. The second-order valence-electron chi connectivity index (χ2n) is 2.86. The number of halogens is 6. The van der Waals surface area contributed by atoms with Crippen molar-refractivity contribution in [3.63, 3.8) is 0 Å². The quantitative estimate of drug-likeness (QED) is 0.585. The van der Waals surface area contributed by atoms with E-state index in [-0.39, 0.29) is 10.6 Å². The third kappa shape index (κ3) is 3.03. The van der Waals surface area contributed by atoms with Crippen LogP contribution in [-0.2, 0) is 6.18 Å². The zero-order valence-electron chi connectivity index (χ0n) is 7.49. The van der Waals surface area contributed by atoms with Crippen LogP contribution < -0.4 is 0 Å². The van der Waals surface area contributed by atoms with Crippen molar-refractivity contribution in [3.8, 4) is 0 Å². The van der Waals surface area contributed by atoms with Crippen LogP contribution in [0.25, 0.3) is 0 Å². The first kappa shape index (κ1) is 13.6. The van der Waals surface area contributed by atoms with Crippen molar-refractivity contribution in [3.05, 3.63) is 34.3 Å². The Balaban J connectivity index is 3.25. The smallest absolute Gasteiger partial charge is 0.291 e. The van der Waals surface area contributed by atoms with E-state index < -0.39 is 22.4 Å². The van der Waals surface area contributed by atoms with Crippen molar-refractivity contribution in [2.75, 3.05) is 0 Å². The summed E-state index contributed by atoms with van der Waals surface area (Å²) in [6.07, 6.45) is -4.55. The van der Waals surface area contributed by atoms with Crippen molar-refractivity contribution < 1.29 is 18.0 Å². The molecule has 7 heteroatoms. The van der Waals surface area contributed by atoms with Crippen molar-refractivity contribution >= 4 is 40.6 Å². The van der Waals surface area contributed by atoms with E-state index in [1.165, 1.54) is 0 Å². The van der Waals surface area contributed by atoms with Crippen LogP contribution in [0.2, 0.25) is 5.02 Å². The largest absolute Gasteiger partial charge is 0.416 e. The summed E-state index contributed by atoms with van der Waals surface area (Å²) in [5, 5.41) is -0.121. The first-order chi connectivity index (χ1) is 7.23. The van der Waals surface area contributed by atoms with E-state index >= 15 is 0 Å². The minimum Gasteiger partial charge on any atom is -0.291 e. The van der Waals surface area contributed by atoms with Crippen LogP contribution in [0, 0.1) is 0 Å². The lowest BCUT2D eigenvalue weighted by molar-refractivity contribution is -0.137. The molecule has 1 aromatic carbocycles. The minimum absolute atomic E-state index is 0.121. The molecule has 0 atom stereocenters. The fraction of sp³-hybridized carbons (Fsp3) is 0.222. The van der Waals surface area contributed by atoms with Crippen LogP contribution in [-0.4, -0.2) is 10.6 Å². The topological polar surface area (TPSA) is 17.1 Å². The van der Waals surface area contributed by atoms with Gasteiger partial charge in [0.2, 0.25) is 0 Å². The highest BCUT2D eigenvalue weighted by atomic mass is 35.5. The molecule has 0 heterocycles. The number of hydrogen-bond acceptors (Lipinski definition) is 1. The number of carbonyl (C=O) groups excluding carboxylic acids is 1. The number of carbonyl (C=O) groups is 1. The summed E-state index contributed by atoms with van der Waals surface area (Å²) in [7, 11) is 0. The van der Waals surface area contributed by atoms with E-state index in [4.69, 9.17) is 34.8 Å². The maximum Gasteiger partial charge on any atom is 0.416 e. The molecule has 0 radical (unpaired) electrons. The SMILES string of the molecule is O=C(c1cc(C(F)(F)F)ccc1Cl)C(Cl)Cl. The average Bonchev–Trinajstić information content (AvgIpc) is 2.15. The van der Waals surface area contributed by atoms with Crippen LogP contribution in [0.5, 0.6) is 0 Å². The highest BCUT2D eigenvalue weighted by Gasteiger charge is 2.32. The molecule has 0 fully saturated rings. The Hall–Kier alpha value is -0.450. The molecule has 1 aromatic rings. The molecule has 0 saturated carbocycles. The van der Waals surface area contributed by atoms with Crippen molar-refractivity contribution in [1.82, 2.24) is 0 Å². The van der Waals surface area contributed by atoms with Gasteiger partial charge in [0.05, 0.1) is 10.6 Å². The molecule has 0 aliphatic carbocycles. The summed E-state index contributed by atoms with van der Waals surface area (Å²) >= 11 is 16.1. The van der Waals surface area contributed by atoms with E-state index in [2.05, 4.69) is 0 Å². The number of Topliss-reactive ketones (excluding diaryl/α,β-unsaturated/α-hetero) is 1. The molecule has 88 valence electrons. The van der Waals surface area contributed by atoms with Crippen molar-refractivity contribution in [2.24, 2.45) is 0 Å². The monoisotopic (exact) mass is 290 g/mol. The summed E-state index contributed by atoms with van der Waals surface area (Å²) in [5.74, 6) is -0.862. The molecule has 0 N–H and O–H groups in total. The summed E-state index contributed by atoms with van der Waals surface area (Å²) in [6, 6.07) is 2.38. The third-order valence-corrected chi connectivity index (χ3v) is 2.48. The Labute approximate surface area is 104 Å². The van der Waals surface area contributed by atoms with E-state index in [1.807, 2.05) is 0 Å². The van der Waals surface area contributed by atoms with Crippen LogP contribution >= 0.6 is 34.8 Å². The Morgan fingerprint density at radius 1 is 1.25 bits per heavy atom. The average molecular weight is 291 g/mol. The van der Waals surface area contributed by atoms with E-state index in [0.717, 1.165) is 12.1 Å². The van der Waals surface area contributed by atoms with Gasteiger partial charge in [-0.1, -0.05) is 34.8 Å². The summed E-state index contributed by atoms with van der Waals surface area (Å²) in [4.78, 5) is 9.89. The maximum atomic E-state index is 12.3. The molecule has 16 heavy (non-hydrogen) atoms. The van der Waals surface area contributed by atoms with Gasteiger partial charge in [0.1, 0.15) is 0 Å². The summed E-state index contributed by atoms with van der Waals surface area (Å²) in [6.45, 7) is 0. The highest BCUT2D eigenvalue weighted by Crippen LogP contribution is 2.32. The summed E-state index contributed by atoms with van der Waals surface area (Å²) < 4.78 is 37.0. The zero-order valence-corrected chi connectivity index (χ0v) is 9.75. The van der Waals surface area contributed by atoms with Crippen LogP contribution in [0.3, 0.4) is 0 Å². The molecule has 0 spiro atoms. The molecule has 0 unspecified atom stereocenters.